The molecule has 0 saturated carbocycles. The number of halogens is 3. The Morgan fingerprint density at radius 2 is 1.94 bits per heavy atom. The lowest BCUT2D eigenvalue weighted by Crippen LogP contribution is -2.09. The number of amides is 1. The number of hydrogen-bond acceptors (Lipinski definition) is 2. The first kappa shape index (κ1) is 13.0. The van der Waals surface area contributed by atoms with E-state index in [9.17, 15) is 22.8 Å². The quantitative estimate of drug-likeness (QED) is 0.652. The Morgan fingerprint density at radius 1 is 1.29 bits per heavy atom. The summed E-state index contributed by atoms with van der Waals surface area (Å²) in [7, 11) is 0. The molecule has 0 aromatic heterocycles. The Bertz CT molecular complexity index is 478. The number of hydrogen-bond donors (Lipinski definition) is 1. The first-order valence-corrected chi connectivity index (χ1v) is 4.48. The SMILES string of the molecule is NC(=O)C=Cc1ccc(C=O)c(C(F)(F)F)c1. The molecule has 1 aromatic rings. The van der Waals surface area contributed by atoms with Crippen molar-refractivity contribution in [2.24, 2.45) is 5.73 Å². The highest BCUT2D eigenvalue weighted by Crippen LogP contribution is 2.32. The zero-order valence-electron chi connectivity index (χ0n) is 8.49. The van der Waals surface area contributed by atoms with Crippen molar-refractivity contribution in [2.45, 2.75) is 6.18 Å². The number of alkyl halides is 3. The van der Waals surface area contributed by atoms with Gasteiger partial charge in [-0.15, -0.1) is 0 Å². The Labute approximate surface area is 94.7 Å². The molecule has 1 amide bonds. The minimum atomic E-state index is -4.62. The van der Waals surface area contributed by atoms with Crippen molar-refractivity contribution in [2.75, 3.05) is 0 Å². The molecule has 1 aromatic carbocycles. The fraction of sp³-hybridized carbons (Fsp3) is 0.0909. The molecule has 0 aliphatic carbocycles. The van der Waals surface area contributed by atoms with E-state index in [2.05, 4.69) is 0 Å². The zero-order chi connectivity index (χ0) is 13.1. The van der Waals surface area contributed by atoms with Gasteiger partial charge in [-0.05, 0) is 17.7 Å². The summed E-state index contributed by atoms with van der Waals surface area (Å²) in [4.78, 5) is 20.9. The largest absolute Gasteiger partial charge is 0.417 e. The summed E-state index contributed by atoms with van der Waals surface area (Å²) in [5, 5.41) is 0. The highest BCUT2D eigenvalue weighted by Gasteiger charge is 2.33. The normalized spacial score (nSPS) is 11.7. The molecule has 90 valence electrons. The van der Waals surface area contributed by atoms with Gasteiger partial charge in [0.25, 0.3) is 0 Å². The summed E-state index contributed by atoms with van der Waals surface area (Å²) in [6, 6.07) is 3.11. The fourth-order valence-corrected chi connectivity index (χ4v) is 1.20. The van der Waals surface area contributed by atoms with E-state index >= 15 is 0 Å². The van der Waals surface area contributed by atoms with Crippen LogP contribution >= 0.6 is 0 Å². The number of primary amides is 1. The smallest absolute Gasteiger partial charge is 0.366 e. The number of carbonyl (C=O) groups excluding carboxylic acids is 2. The summed E-state index contributed by atoms with van der Waals surface area (Å²) < 4.78 is 37.6. The molecule has 0 atom stereocenters. The third kappa shape index (κ3) is 3.44. The van der Waals surface area contributed by atoms with Crippen LogP contribution in [-0.4, -0.2) is 12.2 Å². The second-order valence-corrected chi connectivity index (χ2v) is 3.20. The van der Waals surface area contributed by atoms with E-state index in [4.69, 9.17) is 5.73 Å². The second kappa shape index (κ2) is 4.82. The van der Waals surface area contributed by atoms with Gasteiger partial charge < -0.3 is 5.73 Å². The van der Waals surface area contributed by atoms with Crippen LogP contribution in [0.1, 0.15) is 21.5 Å². The van der Waals surface area contributed by atoms with Gasteiger partial charge in [0.2, 0.25) is 5.91 Å². The maximum absolute atomic E-state index is 12.5. The highest BCUT2D eigenvalue weighted by atomic mass is 19.4. The Morgan fingerprint density at radius 3 is 2.41 bits per heavy atom. The van der Waals surface area contributed by atoms with Crippen LogP contribution in [0.4, 0.5) is 13.2 Å². The molecule has 17 heavy (non-hydrogen) atoms. The van der Waals surface area contributed by atoms with E-state index in [1.54, 1.807) is 0 Å². The number of aldehydes is 1. The number of rotatable bonds is 3. The maximum Gasteiger partial charge on any atom is 0.417 e. The van der Waals surface area contributed by atoms with Crippen molar-refractivity contribution in [3.63, 3.8) is 0 Å². The average Bonchev–Trinajstić information content (AvgIpc) is 2.24. The van der Waals surface area contributed by atoms with E-state index in [0.717, 1.165) is 24.3 Å². The van der Waals surface area contributed by atoms with Crippen LogP contribution in [0, 0.1) is 0 Å². The monoisotopic (exact) mass is 243 g/mol. The minimum absolute atomic E-state index is 0.129. The van der Waals surface area contributed by atoms with Gasteiger partial charge in [0.15, 0.2) is 6.29 Å². The highest BCUT2D eigenvalue weighted by molar-refractivity contribution is 5.90. The van der Waals surface area contributed by atoms with E-state index in [-0.39, 0.29) is 11.8 Å². The molecular weight excluding hydrogens is 235 g/mol. The van der Waals surface area contributed by atoms with Crippen molar-refractivity contribution in [1.29, 1.82) is 0 Å². The van der Waals surface area contributed by atoms with Gasteiger partial charge in [-0.2, -0.15) is 13.2 Å². The van der Waals surface area contributed by atoms with Gasteiger partial charge in [-0.1, -0.05) is 12.1 Å². The van der Waals surface area contributed by atoms with E-state index in [1.807, 2.05) is 0 Å². The molecule has 2 N–H and O–H groups in total. The average molecular weight is 243 g/mol. The predicted molar refractivity (Wildman–Crippen MR) is 55.1 cm³/mol. The van der Waals surface area contributed by atoms with Crippen molar-refractivity contribution < 1.29 is 22.8 Å². The van der Waals surface area contributed by atoms with Gasteiger partial charge in [0, 0.05) is 11.6 Å². The summed E-state index contributed by atoms with van der Waals surface area (Å²) in [5.74, 6) is -0.766. The third-order valence-electron chi connectivity index (χ3n) is 1.95. The van der Waals surface area contributed by atoms with Gasteiger partial charge in [-0.3, -0.25) is 9.59 Å². The minimum Gasteiger partial charge on any atom is -0.366 e. The van der Waals surface area contributed by atoms with Gasteiger partial charge in [0.05, 0.1) is 5.56 Å². The van der Waals surface area contributed by atoms with Crippen LogP contribution in [0.3, 0.4) is 0 Å². The molecule has 1 rings (SSSR count). The van der Waals surface area contributed by atoms with Crippen LogP contribution in [0.2, 0.25) is 0 Å². The zero-order valence-corrected chi connectivity index (χ0v) is 8.49. The van der Waals surface area contributed by atoms with E-state index in [0.29, 0.717) is 0 Å². The summed E-state index contributed by atoms with van der Waals surface area (Å²) >= 11 is 0. The van der Waals surface area contributed by atoms with Crippen LogP contribution in [0.15, 0.2) is 24.3 Å². The maximum atomic E-state index is 12.5. The Balaban J connectivity index is 3.23. The standard InChI is InChI=1S/C11H8F3NO2/c12-11(13,14)9-5-7(2-4-10(15)17)1-3-8(9)6-16/h1-6H,(H2,15,17). The van der Waals surface area contributed by atoms with Gasteiger partial charge in [-0.25, -0.2) is 0 Å². The summed E-state index contributed by atoms with van der Waals surface area (Å²) in [6.07, 6.45) is -2.40. The second-order valence-electron chi connectivity index (χ2n) is 3.20. The molecule has 6 heteroatoms. The number of carbonyl (C=O) groups is 2. The molecular formula is C11H8F3NO2. The first-order chi connectivity index (χ1) is 7.84. The third-order valence-corrected chi connectivity index (χ3v) is 1.95. The van der Waals surface area contributed by atoms with Crippen molar-refractivity contribution >= 4 is 18.3 Å². The molecule has 0 unspecified atom stereocenters. The molecule has 0 saturated heterocycles. The Hall–Kier alpha value is -2.11. The molecule has 0 heterocycles. The number of benzene rings is 1. The lowest BCUT2D eigenvalue weighted by molar-refractivity contribution is -0.137. The van der Waals surface area contributed by atoms with E-state index in [1.165, 1.54) is 6.07 Å². The molecule has 0 aliphatic heterocycles. The van der Waals surface area contributed by atoms with Crippen LogP contribution in [0.5, 0.6) is 0 Å². The van der Waals surface area contributed by atoms with Gasteiger partial charge >= 0.3 is 6.18 Å². The predicted octanol–water partition coefficient (Wildman–Crippen LogP) is 2.02. The van der Waals surface area contributed by atoms with Crippen LogP contribution < -0.4 is 5.73 Å². The summed E-state index contributed by atoms with van der Waals surface area (Å²) in [6.45, 7) is 0. The fourth-order valence-electron chi connectivity index (χ4n) is 1.20. The Kier molecular flexibility index (Phi) is 3.67. The van der Waals surface area contributed by atoms with Crippen LogP contribution in [0.25, 0.3) is 6.08 Å². The summed E-state index contributed by atoms with van der Waals surface area (Å²) in [5.41, 5.74) is 3.46. The molecule has 0 radical (unpaired) electrons. The molecule has 0 bridgehead atoms. The molecule has 0 spiro atoms. The van der Waals surface area contributed by atoms with Gasteiger partial charge in [0.1, 0.15) is 0 Å². The molecule has 3 nitrogen and oxygen atoms in total. The molecule has 0 fully saturated rings. The molecule has 0 aliphatic rings. The number of nitrogens with two attached hydrogens (primary N) is 1. The lowest BCUT2D eigenvalue weighted by Gasteiger charge is -2.09. The van der Waals surface area contributed by atoms with Crippen molar-refractivity contribution in [3.05, 3.63) is 41.0 Å². The topological polar surface area (TPSA) is 60.2 Å². The van der Waals surface area contributed by atoms with E-state index < -0.39 is 23.2 Å². The van der Waals surface area contributed by atoms with Crippen LogP contribution in [-0.2, 0) is 11.0 Å². The first-order valence-electron chi connectivity index (χ1n) is 4.48. The lowest BCUT2D eigenvalue weighted by atomic mass is 10.0. The van der Waals surface area contributed by atoms with Crippen molar-refractivity contribution in [3.8, 4) is 0 Å². The van der Waals surface area contributed by atoms with Crippen molar-refractivity contribution in [1.82, 2.24) is 0 Å².